The van der Waals surface area contributed by atoms with Gasteiger partial charge in [-0.25, -0.2) is 4.79 Å². The standard InChI is InChI=1S/C13H13N3O5/c17-10-3-1-9(2-4-10)16(8-12(18)19)13(20)14-7-11-5-6-15-21-11/h1-6,17H,7-8H2,(H,14,20)(H,18,19). The fourth-order valence-electron chi connectivity index (χ4n) is 1.64. The number of aliphatic carboxylic acids is 1. The van der Waals surface area contributed by atoms with E-state index in [9.17, 15) is 14.7 Å². The molecule has 8 heteroatoms. The lowest BCUT2D eigenvalue weighted by Crippen LogP contribution is -2.42. The van der Waals surface area contributed by atoms with Crippen molar-refractivity contribution in [2.75, 3.05) is 11.4 Å². The number of carbonyl (C=O) groups is 2. The van der Waals surface area contributed by atoms with Crippen LogP contribution in [0.3, 0.4) is 0 Å². The van der Waals surface area contributed by atoms with Gasteiger partial charge in [0.15, 0.2) is 5.76 Å². The Morgan fingerprint density at radius 2 is 1.95 bits per heavy atom. The second-order valence-electron chi connectivity index (χ2n) is 4.13. The van der Waals surface area contributed by atoms with Gasteiger partial charge in [0.1, 0.15) is 12.3 Å². The number of phenolic OH excluding ortho intramolecular Hbond substituents is 1. The van der Waals surface area contributed by atoms with E-state index >= 15 is 0 Å². The summed E-state index contributed by atoms with van der Waals surface area (Å²) in [6.07, 6.45) is 1.44. The minimum Gasteiger partial charge on any atom is -0.508 e. The van der Waals surface area contributed by atoms with Crippen molar-refractivity contribution in [3.05, 3.63) is 42.3 Å². The lowest BCUT2D eigenvalue weighted by Gasteiger charge is -2.21. The molecule has 0 radical (unpaired) electrons. The summed E-state index contributed by atoms with van der Waals surface area (Å²) in [5, 5.41) is 24.2. The van der Waals surface area contributed by atoms with Gasteiger partial charge in [0, 0.05) is 11.8 Å². The van der Waals surface area contributed by atoms with Crippen LogP contribution in [0.2, 0.25) is 0 Å². The number of carboxylic acid groups (broad SMARTS) is 1. The van der Waals surface area contributed by atoms with E-state index in [4.69, 9.17) is 9.63 Å². The Labute approximate surface area is 119 Å². The van der Waals surface area contributed by atoms with Crippen LogP contribution in [0.15, 0.2) is 41.1 Å². The SMILES string of the molecule is O=C(O)CN(C(=O)NCc1ccno1)c1ccc(O)cc1. The normalized spacial score (nSPS) is 10.1. The highest BCUT2D eigenvalue weighted by molar-refractivity contribution is 5.96. The van der Waals surface area contributed by atoms with Gasteiger partial charge in [-0.1, -0.05) is 5.16 Å². The van der Waals surface area contributed by atoms with Crippen molar-refractivity contribution < 1.29 is 24.3 Å². The smallest absolute Gasteiger partial charge is 0.323 e. The van der Waals surface area contributed by atoms with Crippen molar-refractivity contribution >= 4 is 17.7 Å². The molecule has 8 nitrogen and oxygen atoms in total. The van der Waals surface area contributed by atoms with Crippen LogP contribution in [0, 0.1) is 0 Å². The number of carboxylic acids is 1. The number of urea groups is 1. The molecule has 3 N–H and O–H groups in total. The molecule has 2 amide bonds. The van der Waals surface area contributed by atoms with Gasteiger partial charge in [-0.05, 0) is 24.3 Å². The highest BCUT2D eigenvalue weighted by Crippen LogP contribution is 2.18. The summed E-state index contributed by atoms with van der Waals surface area (Å²) in [6.45, 7) is -0.417. The quantitative estimate of drug-likeness (QED) is 0.761. The maximum absolute atomic E-state index is 12.1. The minimum absolute atomic E-state index is 0.0242. The monoisotopic (exact) mass is 291 g/mol. The lowest BCUT2D eigenvalue weighted by atomic mass is 10.2. The van der Waals surface area contributed by atoms with Crippen molar-refractivity contribution in [2.24, 2.45) is 0 Å². The van der Waals surface area contributed by atoms with Gasteiger partial charge >= 0.3 is 12.0 Å². The predicted molar refractivity (Wildman–Crippen MR) is 71.8 cm³/mol. The zero-order valence-corrected chi connectivity index (χ0v) is 10.9. The second-order valence-corrected chi connectivity index (χ2v) is 4.13. The maximum atomic E-state index is 12.1. The third-order valence-electron chi connectivity index (χ3n) is 2.60. The predicted octanol–water partition coefficient (Wildman–Crippen LogP) is 1.18. The summed E-state index contributed by atoms with van der Waals surface area (Å²) in [6, 6.07) is 6.63. The van der Waals surface area contributed by atoms with Gasteiger partial charge in [-0.3, -0.25) is 9.69 Å². The van der Waals surface area contributed by atoms with Crippen LogP contribution in [-0.2, 0) is 11.3 Å². The zero-order valence-electron chi connectivity index (χ0n) is 10.9. The molecule has 0 aliphatic heterocycles. The summed E-state index contributed by atoms with van der Waals surface area (Å²) in [5.41, 5.74) is 0.352. The molecule has 0 unspecified atom stereocenters. The first-order valence-corrected chi connectivity index (χ1v) is 6.02. The third kappa shape index (κ3) is 3.96. The fourth-order valence-corrected chi connectivity index (χ4v) is 1.64. The zero-order chi connectivity index (χ0) is 15.2. The molecule has 0 saturated carbocycles. The molecule has 0 saturated heterocycles. The number of amides is 2. The summed E-state index contributed by atoms with van der Waals surface area (Å²) < 4.78 is 4.83. The average Bonchev–Trinajstić information content (AvgIpc) is 2.96. The van der Waals surface area contributed by atoms with Gasteiger partial charge in [-0.15, -0.1) is 0 Å². The van der Waals surface area contributed by atoms with Gasteiger partial charge in [0.2, 0.25) is 0 Å². The average molecular weight is 291 g/mol. The van der Waals surface area contributed by atoms with Crippen molar-refractivity contribution in [1.29, 1.82) is 0 Å². The number of nitrogens with zero attached hydrogens (tertiary/aromatic N) is 2. The maximum Gasteiger partial charge on any atom is 0.323 e. The van der Waals surface area contributed by atoms with Crippen LogP contribution in [0.5, 0.6) is 5.75 Å². The van der Waals surface area contributed by atoms with Crippen LogP contribution in [0.1, 0.15) is 5.76 Å². The summed E-state index contributed by atoms with van der Waals surface area (Å²) in [5.74, 6) is -0.682. The van der Waals surface area contributed by atoms with Gasteiger partial charge < -0.3 is 20.1 Å². The van der Waals surface area contributed by atoms with E-state index in [-0.39, 0.29) is 12.3 Å². The molecule has 0 aliphatic carbocycles. The number of rotatable bonds is 5. The Bertz CT molecular complexity index is 609. The molecule has 21 heavy (non-hydrogen) atoms. The van der Waals surface area contributed by atoms with Crippen LogP contribution in [0.25, 0.3) is 0 Å². The van der Waals surface area contributed by atoms with Crippen LogP contribution >= 0.6 is 0 Å². The summed E-state index contributed by atoms with van der Waals surface area (Å²) >= 11 is 0. The number of hydrogen-bond donors (Lipinski definition) is 3. The third-order valence-corrected chi connectivity index (χ3v) is 2.60. The summed E-state index contributed by atoms with van der Waals surface area (Å²) in [7, 11) is 0. The van der Waals surface area contributed by atoms with E-state index in [1.165, 1.54) is 30.5 Å². The first-order valence-electron chi connectivity index (χ1n) is 6.02. The lowest BCUT2D eigenvalue weighted by molar-refractivity contribution is -0.135. The number of anilines is 1. The van der Waals surface area contributed by atoms with Gasteiger partial charge in [0.25, 0.3) is 0 Å². The number of nitrogens with one attached hydrogen (secondary N) is 1. The van der Waals surface area contributed by atoms with E-state index in [0.717, 1.165) is 4.90 Å². The molecule has 2 rings (SSSR count). The van der Waals surface area contributed by atoms with Gasteiger partial charge in [0.05, 0.1) is 12.7 Å². The van der Waals surface area contributed by atoms with Gasteiger partial charge in [-0.2, -0.15) is 0 Å². The molecule has 1 heterocycles. The molecular weight excluding hydrogens is 278 g/mol. The van der Waals surface area contributed by atoms with Crippen molar-refractivity contribution in [2.45, 2.75) is 6.54 Å². The molecule has 0 spiro atoms. The first kappa shape index (κ1) is 14.4. The summed E-state index contributed by atoms with van der Waals surface area (Å²) in [4.78, 5) is 24.0. The molecule has 0 bridgehead atoms. The van der Waals surface area contributed by atoms with Crippen LogP contribution < -0.4 is 10.2 Å². The molecular formula is C13H13N3O5. The Kier molecular flexibility index (Phi) is 4.39. The fraction of sp³-hybridized carbons (Fsp3) is 0.154. The number of benzene rings is 1. The van der Waals surface area contributed by atoms with E-state index in [1.807, 2.05) is 0 Å². The van der Waals surface area contributed by atoms with E-state index in [2.05, 4.69) is 10.5 Å². The van der Waals surface area contributed by atoms with Crippen molar-refractivity contribution in [3.63, 3.8) is 0 Å². The highest BCUT2D eigenvalue weighted by atomic mass is 16.5. The van der Waals surface area contributed by atoms with E-state index < -0.39 is 18.5 Å². The van der Waals surface area contributed by atoms with Crippen molar-refractivity contribution in [3.8, 4) is 5.75 Å². The molecule has 1 aromatic carbocycles. The van der Waals surface area contributed by atoms with Crippen LogP contribution in [0.4, 0.5) is 10.5 Å². The number of phenols is 1. The second kappa shape index (κ2) is 6.42. The first-order chi connectivity index (χ1) is 10.1. The molecule has 0 atom stereocenters. The van der Waals surface area contributed by atoms with Crippen LogP contribution in [-0.4, -0.2) is 33.9 Å². The Balaban J connectivity index is 2.09. The van der Waals surface area contributed by atoms with E-state index in [1.54, 1.807) is 6.07 Å². The topological polar surface area (TPSA) is 116 Å². The van der Waals surface area contributed by atoms with Crippen molar-refractivity contribution in [1.82, 2.24) is 10.5 Å². The minimum atomic E-state index is -1.15. The molecule has 0 aliphatic rings. The number of aromatic hydroxyl groups is 1. The molecule has 2 aromatic rings. The molecule has 110 valence electrons. The van der Waals surface area contributed by atoms with E-state index in [0.29, 0.717) is 11.4 Å². The largest absolute Gasteiger partial charge is 0.508 e. The number of hydrogen-bond acceptors (Lipinski definition) is 5. The Hall–Kier alpha value is -3.03. The number of aromatic nitrogens is 1. The molecule has 1 aromatic heterocycles. The number of carbonyl (C=O) groups excluding carboxylic acids is 1. The molecule has 0 fully saturated rings. The Morgan fingerprint density at radius 1 is 1.24 bits per heavy atom. The highest BCUT2D eigenvalue weighted by Gasteiger charge is 2.19. The Morgan fingerprint density at radius 3 is 2.52 bits per heavy atom.